The fraction of sp³-hybridized carbons (Fsp3) is 0.500. The average Bonchev–Trinajstić information content (AvgIpc) is 2.90. The van der Waals surface area contributed by atoms with Crippen LogP contribution >= 0.6 is 0 Å². The Morgan fingerprint density at radius 3 is 2.80 bits per heavy atom. The average molecular weight is 284 g/mol. The van der Waals surface area contributed by atoms with Crippen molar-refractivity contribution in [3.05, 3.63) is 29.3 Å². The van der Waals surface area contributed by atoms with Crippen molar-refractivity contribution in [2.75, 3.05) is 19.0 Å². The van der Waals surface area contributed by atoms with Crippen LogP contribution in [0, 0.1) is 17.6 Å². The number of rotatable bonds is 4. The zero-order chi connectivity index (χ0) is 14.7. The van der Waals surface area contributed by atoms with E-state index in [0.29, 0.717) is 6.54 Å². The molecule has 2 atom stereocenters. The molecule has 6 heteroatoms. The first kappa shape index (κ1) is 14.7. The van der Waals surface area contributed by atoms with E-state index in [1.54, 1.807) is 0 Å². The standard InChI is InChI=1S/C14H18F2N2O2/c1-20-14(19)9-5-6-11(13(16)12(9)15)18-10-4-2-3-8(10)7-17/h5-6,8,10,18H,2-4,7,17H2,1H3. The Bertz CT molecular complexity index is 508. The first-order valence-electron chi connectivity index (χ1n) is 6.61. The molecule has 0 radical (unpaired) electrons. The lowest BCUT2D eigenvalue weighted by molar-refractivity contribution is 0.0594. The highest BCUT2D eigenvalue weighted by molar-refractivity contribution is 5.90. The van der Waals surface area contributed by atoms with Crippen LogP contribution in [-0.2, 0) is 4.74 Å². The van der Waals surface area contributed by atoms with Crippen molar-refractivity contribution in [1.82, 2.24) is 0 Å². The number of anilines is 1. The number of nitrogens with one attached hydrogen (secondary N) is 1. The SMILES string of the molecule is COC(=O)c1ccc(NC2CCCC2CN)c(F)c1F. The topological polar surface area (TPSA) is 64.3 Å². The molecular formula is C14H18F2N2O2. The van der Waals surface area contributed by atoms with Gasteiger partial charge in [0.05, 0.1) is 18.4 Å². The fourth-order valence-corrected chi connectivity index (χ4v) is 2.64. The molecule has 110 valence electrons. The first-order chi connectivity index (χ1) is 9.58. The molecule has 2 rings (SSSR count). The molecule has 1 aromatic carbocycles. The minimum Gasteiger partial charge on any atom is -0.465 e. The second-order valence-electron chi connectivity index (χ2n) is 4.96. The monoisotopic (exact) mass is 284 g/mol. The largest absolute Gasteiger partial charge is 0.465 e. The van der Waals surface area contributed by atoms with Gasteiger partial charge in [-0.05, 0) is 37.4 Å². The summed E-state index contributed by atoms with van der Waals surface area (Å²) in [6.07, 6.45) is 2.88. The van der Waals surface area contributed by atoms with Gasteiger partial charge in [0.25, 0.3) is 0 Å². The van der Waals surface area contributed by atoms with Crippen LogP contribution in [0.4, 0.5) is 14.5 Å². The van der Waals surface area contributed by atoms with Crippen molar-refractivity contribution in [3.8, 4) is 0 Å². The van der Waals surface area contributed by atoms with Crippen molar-refractivity contribution >= 4 is 11.7 Å². The smallest absolute Gasteiger partial charge is 0.340 e. The summed E-state index contributed by atoms with van der Waals surface area (Å²) < 4.78 is 32.2. The van der Waals surface area contributed by atoms with Crippen molar-refractivity contribution < 1.29 is 18.3 Å². The summed E-state index contributed by atoms with van der Waals surface area (Å²) >= 11 is 0. The van der Waals surface area contributed by atoms with E-state index >= 15 is 0 Å². The molecule has 1 fully saturated rings. The Morgan fingerprint density at radius 1 is 1.40 bits per heavy atom. The summed E-state index contributed by atoms with van der Waals surface area (Å²) in [4.78, 5) is 11.3. The normalized spacial score (nSPS) is 21.8. The van der Waals surface area contributed by atoms with Crippen molar-refractivity contribution in [3.63, 3.8) is 0 Å². The minimum atomic E-state index is -1.19. The predicted molar refractivity (Wildman–Crippen MR) is 71.5 cm³/mol. The number of benzene rings is 1. The van der Waals surface area contributed by atoms with Gasteiger partial charge < -0.3 is 15.8 Å². The molecule has 20 heavy (non-hydrogen) atoms. The van der Waals surface area contributed by atoms with Crippen molar-refractivity contribution in [1.29, 1.82) is 0 Å². The zero-order valence-corrected chi connectivity index (χ0v) is 11.3. The van der Waals surface area contributed by atoms with Crippen LogP contribution in [0.15, 0.2) is 12.1 Å². The number of ether oxygens (including phenoxy) is 1. The Kier molecular flexibility index (Phi) is 4.54. The third kappa shape index (κ3) is 2.75. The van der Waals surface area contributed by atoms with E-state index in [0.717, 1.165) is 26.4 Å². The summed E-state index contributed by atoms with van der Waals surface area (Å²) in [5, 5.41) is 2.99. The number of esters is 1. The number of carbonyl (C=O) groups excluding carboxylic acids is 1. The van der Waals surface area contributed by atoms with E-state index < -0.39 is 23.2 Å². The quantitative estimate of drug-likeness (QED) is 0.833. The maximum Gasteiger partial charge on any atom is 0.340 e. The maximum atomic E-state index is 14.0. The highest BCUT2D eigenvalue weighted by Gasteiger charge is 2.27. The summed E-state index contributed by atoms with van der Waals surface area (Å²) in [5.74, 6) is -2.88. The maximum absolute atomic E-state index is 14.0. The second-order valence-corrected chi connectivity index (χ2v) is 4.96. The van der Waals surface area contributed by atoms with Gasteiger partial charge in [0, 0.05) is 6.04 Å². The number of halogens is 2. The van der Waals surface area contributed by atoms with Crippen LogP contribution in [0.5, 0.6) is 0 Å². The van der Waals surface area contributed by atoms with Gasteiger partial charge in [-0.15, -0.1) is 0 Å². The number of hydrogen-bond acceptors (Lipinski definition) is 4. The molecule has 0 spiro atoms. The third-order valence-corrected chi connectivity index (χ3v) is 3.79. The number of hydrogen-bond donors (Lipinski definition) is 2. The molecule has 3 N–H and O–H groups in total. The lowest BCUT2D eigenvalue weighted by Gasteiger charge is -2.21. The van der Waals surface area contributed by atoms with E-state index in [2.05, 4.69) is 10.1 Å². The van der Waals surface area contributed by atoms with E-state index in [1.807, 2.05) is 0 Å². The predicted octanol–water partition coefficient (Wildman–Crippen LogP) is 2.29. The highest BCUT2D eigenvalue weighted by atomic mass is 19.2. The van der Waals surface area contributed by atoms with Crippen LogP contribution in [0.3, 0.4) is 0 Å². The van der Waals surface area contributed by atoms with Gasteiger partial charge in [0.15, 0.2) is 11.6 Å². The van der Waals surface area contributed by atoms with E-state index in [4.69, 9.17) is 5.73 Å². The van der Waals surface area contributed by atoms with Crippen LogP contribution in [0.2, 0.25) is 0 Å². The number of nitrogens with two attached hydrogens (primary N) is 1. The van der Waals surface area contributed by atoms with E-state index in [1.165, 1.54) is 12.1 Å². The minimum absolute atomic E-state index is 0.0397. The summed E-state index contributed by atoms with van der Waals surface area (Å²) in [5.41, 5.74) is 5.31. The molecule has 1 aromatic rings. The molecule has 0 amide bonds. The van der Waals surface area contributed by atoms with Crippen LogP contribution in [-0.4, -0.2) is 25.7 Å². The van der Waals surface area contributed by atoms with Gasteiger partial charge in [-0.3, -0.25) is 0 Å². The fourth-order valence-electron chi connectivity index (χ4n) is 2.64. The first-order valence-corrected chi connectivity index (χ1v) is 6.61. The summed E-state index contributed by atoms with van der Waals surface area (Å²) in [6, 6.07) is 2.62. The molecule has 1 aliphatic rings. The molecule has 0 saturated heterocycles. The van der Waals surface area contributed by atoms with Crippen molar-refractivity contribution in [2.24, 2.45) is 11.7 Å². The Labute approximate surface area is 116 Å². The highest BCUT2D eigenvalue weighted by Crippen LogP contribution is 2.30. The Morgan fingerprint density at radius 2 is 2.15 bits per heavy atom. The van der Waals surface area contributed by atoms with E-state index in [9.17, 15) is 13.6 Å². The lowest BCUT2D eigenvalue weighted by atomic mass is 10.0. The molecule has 1 saturated carbocycles. The van der Waals surface area contributed by atoms with Crippen LogP contribution in [0.1, 0.15) is 29.6 Å². The molecule has 0 heterocycles. The number of carbonyl (C=O) groups is 1. The second kappa shape index (κ2) is 6.17. The number of methoxy groups -OCH3 is 1. The third-order valence-electron chi connectivity index (χ3n) is 3.79. The lowest BCUT2D eigenvalue weighted by Crippen LogP contribution is -2.30. The van der Waals surface area contributed by atoms with Gasteiger partial charge in [0.1, 0.15) is 0 Å². The van der Waals surface area contributed by atoms with Crippen LogP contribution in [0.25, 0.3) is 0 Å². The van der Waals surface area contributed by atoms with Gasteiger partial charge in [-0.1, -0.05) is 6.42 Å². The molecule has 4 nitrogen and oxygen atoms in total. The Hall–Kier alpha value is -1.69. The van der Waals surface area contributed by atoms with Crippen molar-refractivity contribution in [2.45, 2.75) is 25.3 Å². The van der Waals surface area contributed by atoms with Gasteiger partial charge in [0.2, 0.25) is 0 Å². The summed E-state index contributed by atoms with van der Waals surface area (Å²) in [7, 11) is 1.12. The van der Waals surface area contributed by atoms with Gasteiger partial charge in [-0.2, -0.15) is 0 Å². The zero-order valence-electron chi connectivity index (χ0n) is 11.3. The van der Waals surface area contributed by atoms with Gasteiger partial charge >= 0.3 is 5.97 Å². The Balaban J connectivity index is 2.21. The molecule has 0 aliphatic heterocycles. The van der Waals surface area contributed by atoms with Gasteiger partial charge in [-0.25, -0.2) is 13.6 Å². The molecule has 0 aromatic heterocycles. The molecule has 1 aliphatic carbocycles. The molecular weight excluding hydrogens is 266 g/mol. The van der Waals surface area contributed by atoms with E-state index in [-0.39, 0.29) is 17.6 Å². The molecule has 2 unspecified atom stereocenters. The van der Waals surface area contributed by atoms with Crippen LogP contribution < -0.4 is 11.1 Å². The molecule has 0 bridgehead atoms. The summed E-state index contributed by atoms with van der Waals surface area (Å²) in [6.45, 7) is 0.516.